The minimum atomic E-state index is -4.74. The molecule has 148 valence electrons. The highest BCUT2D eigenvalue weighted by Gasteiger charge is 2.62. The molecule has 4 nitrogen and oxygen atoms in total. The van der Waals surface area contributed by atoms with Crippen molar-refractivity contribution in [3.8, 4) is 5.75 Å². The van der Waals surface area contributed by atoms with Gasteiger partial charge in [-0.25, -0.2) is 0 Å². The Labute approximate surface area is 169 Å². The average Bonchev–Trinajstić information content (AvgIpc) is 3.05. The van der Waals surface area contributed by atoms with Crippen LogP contribution in [0.2, 0.25) is 10.0 Å². The van der Waals surface area contributed by atoms with Crippen LogP contribution in [-0.2, 0) is 10.4 Å². The molecule has 0 saturated carbocycles. The number of methoxy groups -OCH3 is 1. The van der Waals surface area contributed by atoms with E-state index in [2.05, 4.69) is 5.16 Å². The molecule has 9 heteroatoms. The highest BCUT2D eigenvalue weighted by molar-refractivity contribution is 6.34. The van der Waals surface area contributed by atoms with Crippen LogP contribution in [0.5, 0.6) is 5.75 Å². The van der Waals surface area contributed by atoms with Crippen molar-refractivity contribution in [1.82, 2.24) is 0 Å². The van der Waals surface area contributed by atoms with Gasteiger partial charge in [-0.2, -0.15) is 13.2 Å². The number of halogens is 5. The summed E-state index contributed by atoms with van der Waals surface area (Å²) in [6.07, 6.45) is -2.28. The standard InChI is InChI=1S/C19H15Cl2F3N2O2/c1-27-17-11(3-2-4-16(17)25)5-6-15-10-18(28-26-15,19(22,23)24)12-7-13(20)9-14(21)8-12/h2-9H,10,25H2,1H3/b6-5+. The molecule has 3 rings (SSSR count). The number of nitrogens with zero attached hydrogens (tertiary/aromatic N) is 1. The summed E-state index contributed by atoms with van der Waals surface area (Å²) in [5, 5.41) is 3.78. The lowest BCUT2D eigenvalue weighted by molar-refractivity contribution is -0.275. The Kier molecular flexibility index (Phi) is 5.50. The van der Waals surface area contributed by atoms with E-state index in [4.69, 9.17) is 38.5 Å². The third kappa shape index (κ3) is 3.77. The SMILES string of the molecule is COc1c(N)cccc1/C=C/C1=NOC(c2cc(Cl)cc(Cl)c2)(C(F)(F)F)C1. The van der Waals surface area contributed by atoms with Crippen LogP contribution in [0.25, 0.3) is 6.08 Å². The van der Waals surface area contributed by atoms with Crippen molar-refractivity contribution in [2.75, 3.05) is 12.8 Å². The van der Waals surface area contributed by atoms with Crippen LogP contribution in [0.3, 0.4) is 0 Å². The number of allylic oxidation sites excluding steroid dienone is 1. The molecule has 0 saturated heterocycles. The second-order valence-corrected chi connectivity index (χ2v) is 7.01. The van der Waals surface area contributed by atoms with Crippen LogP contribution in [0.4, 0.5) is 18.9 Å². The number of para-hydroxylation sites is 1. The van der Waals surface area contributed by atoms with Crippen LogP contribution in [0.15, 0.2) is 47.6 Å². The lowest BCUT2D eigenvalue weighted by Gasteiger charge is -2.29. The number of oxime groups is 1. The normalized spacial score (nSPS) is 19.6. The largest absolute Gasteiger partial charge is 0.494 e. The fourth-order valence-electron chi connectivity index (χ4n) is 2.93. The molecule has 1 unspecified atom stereocenters. The molecule has 0 aliphatic carbocycles. The molecule has 0 fully saturated rings. The zero-order valence-corrected chi connectivity index (χ0v) is 16.1. The van der Waals surface area contributed by atoms with Gasteiger partial charge in [-0.1, -0.05) is 40.5 Å². The number of nitrogen functional groups attached to an aromatic ring is 1. The quantitative estimate of drug-likeness (QED) is 0.620. The summed E-state index contributed by atoms with van der Waals surface area (Å²) in [7, 11) is 1.46. The van der Waals surface area contributed by atoms with Crippen molar-refractivity contribution in [1.29, 1.82) is 0 Å². The first kappa shape index (κ1) is 20.4. The number of hydrogen-bond acceptors (Lipinski definition) is 4. The number of alkyl halides is 3. The Bertz CT molecular complexity index is 940. The van der Waals surface area contributed by atoms with Gasteiger partial charge in [-0.3, -0.25) is 0 Å². The molecular weight excluding hydrogens is 416 g/mol. The number of rotatable bonds is 4. The lowest BCUT2D eigenvalue weighted by Crippen LogP contribution is -2.42. The zero-order chi connectivity index (χ0) is 20.5. The molecule has 2 aromatic carbocycles. The van der Waals surface area contributed by atoms with Gasteiger partial charge in [0.15, 0.2) is 0 Å². The van der Waals surface area contributed by atoms with Gasteiger partial charge in [0, 0.05) is 27.6 Å². The first-order valence-corrected chi connectivity index (χ1v) is 8.81. The van der Waals surface area contributed by atoms with Gasteiger partial charge in [0.05, 0.1) is 18.5 Å². The Hall–Kier alpha value is -2.38. The lowest BCUT2D eigenvalue weighted by atomic mass is 9.88. The van der Waals surface area contributed by atoms with E-state index < -0.39 is 18.2 Å². The molecule has 2 aromatic rings. The zero-order valence-electron chi connectivity index (χ0n) is 14.6. The first-order valence-electron chi connectivity index (χ1n) is 8.05. The van der Waals surface area contributed by atoms with Gasteiger partial charge in [0.25, 0.3) is 5.60 Å². The van der Waals surface area contributed by atoms with Crippen molar-refractivity contribution in [3.63, 3.8) is 0 Å². The van der Waals surface area contributed by atoms with Crippen LogP contribution in [0, 0.1) is 0 Å². The van der Waals surface area contributed by atoms with Crippen LogP contribution in [-0.4, -0.2) is 19.0 Å². The Balaban J connectivity index is 1.93. The fraction of sp³-hybridized carbons (Fsp3) is 0.211. The summed E-state index contributed by atoms with van der Waals surface area (Å²) in [4.78, 5) is 4.92. The molecule has 2 N–H and O–H groups in total. The van der Waals surface area contributed by atoms with E-state index in [1.165, 1.54) is 31.4 Å². The molecule has 0 spiro atoms. The summed E-state index contributed by atoms with van der Waals surface area (Å²) in [6, 6.07) is 8.77. The second-order valence-electron chi connectivity index (χ2n) is 6.14. The molecule has 1 heterocycles. The number of hydrogen-bond donors (Lipinski definition) is 1. The van der Waals surface area contributed by atoms with Crippen LogP contribution < -0.4 is 10.5 Å². The molecule has 1 aliphatic heterocycles. The van der Waals surface area contributed by atoms with Gasteiger partial charge in [-0.15, -0.1) is 0 Å². The highest BCUT2D eigenvalue weighted by atomic mass is 35.5. The number of anilines is 1. The third-order valence-corrected chi connectivity index (χ3v) is 4.71. The molecule has 0 aromatic heterocycles. The van der Waals surface area contributed by atoms with E-state index in [-0.39, 0.29) is 21.3 Å². The van der Waals surface area contributed by atoms with Crippen molar-refractivity contribution >= 4 is 40.7 Å². The third-order valence-electron chi connectivity index (χ3n) is 4.27. The van der Waals surface area contributed by atoms with Gasteiger partial charge in [0.2, 0.25) is 0 Å². The van der Waals surface area contributed by atoms with Crippen LogP contribution in [0.1, 0.15) is 17.5 Å². The van der Waals surface area contributed by atoms with Crippen LogP contribution >= 0.6 is 23.2 Å². The second kappa shape index (κ2) is 7.56. The molecular formula is C19H15Cl2F3N2O2. The smallest absolute Gasteiger partial charge is 0.435 e. The summed E-state index contributed by atoms with van der Waals surface area (Å²) >= 11 is 11.8. The topological polar surface area (TPSA) is 56.8 Å². The predicted octanol–water partition coefficient (Wildman–Crippen LogP) is 5.83. The molecule has 0 bridgehead atoms. The maximum Gasteiger partial charge on any atom is 0.435 e. The van der Waals surface area contributed by atoms with E-state index >= 15 is 0 Å². The molecule has 0 radical (unpaired) electrons. The van der Waals surface area contributed by atoms with E-state index in [0.717, 1.165) is 0 Å². The first-order chi connectivity index (χ1) is 13.2. The van der Waals surface area contributed by atoms with E-state index in [1.807, 2.05) is 0 Å². The Morgan fingerprint density at radius 3 is 2.46 bits per heavy atom. The van der Waals surface area contributed by atoms with E-state index in [9.17, 15) is 13.2 Å². The molecule has 0 amide bonds. The summed E-state index contributed by atoms with van der Waals surface area (Å²) in [5.74, 6) is 0.418. The highest BCUT2D eigenvalue weighted by Crippen LogP contribution is 2.49. The van der Waals surface area contributed by atoms with Gasteiger partial charge < -0.3 is 15.3 Å². The maximum atomic E-state index is 13.9. The van der Waals surface area contributed by atoms with Gasteiger partial charge in [-0.05, 0) is 36.4 Å². The molecule has 28 heavy (non-hydrogen) atoms. The number of nitrogens with two attached hydrogens (primary N) is 1. The monoisotopic (exact) mass is 430 g/mol. The summed E-state index contributed by atoms with van der Waals surface area (Å²) < 4.78 is 47.0. The fourth-order valence-corrected chi connectivity index (χ4v) is 3.46. The van der Waals surface area contributed by atoms with E-state index in [1.54, 1.807) is 24.3 Å². The molecule has 1 aliphatic rings. The maximum absolute atomic E-state index is 13.9. The van der Waals surface area contributed by atoms with Crippen molar-refractivity contribution in [2.24, 2.45) is 5.16 Å². The number of benzene rings is 2. The van der Waals surface area contributed by atoms with Crippen molar-refractivity contribution < 1.29 is 22.7 Å². The molecule has 1 atom stereocenters. The minimum Gasteiger partial charge on any atom is -0.494 e. The Morgan fingerprint density at radius 2 is 1.86 bits per heavy atom. The Morgan fingerprint density at radius 1 is 1.18 bits per heavy atom. The summed E-state index contributed by atoms with van der Waals surface area (Å²) in [6.45, 7) is 0. The minimum absolute atomic E-state index is 0.0724. The average molecular weight is 431 g/mol. The number of ether oxygens (including phenoxy) is 1. The van der Waals surface area contributed by atoms with Gasteiger partial charge >= 0.3 is 6.18 Å². The van der Waals surface area contributed by atoms with Crippen molar-refractivity contribution in [2.45, 2.75) is 18.2 Å². The van der Waals surface area contributed by atoms with Crippen molar-refractivity contribution in [3.05, 3.63) is 63.6 Å². The predicted molar refractivity (Wildman–Crippen MR) is 104 cm³/mol. The van der Waals surface area contributed by atoms with E-state index in [0.29, 0.717) is 17.0 Å². The van der Waals surface area contributed by atoms with Gasteiger partial charge in [0.1, 0.15) is 5.75 Å². The summed E-state index contributed by atoms with van der Waals surface area (Å²) in [5.41, 5.74) is 4.05.